The molecule has 0 spiro atoms. The van der Waals surface area contributed by atoms with Crippen molar-refractivity contribution in [1.82, 2.24) is 29.6 Å². The van der Waals surface area contributed by atoms with Crippen molar-refractivity contribution in [3.05, 3.63) is 53.3 Å². The summed E-state index contributed by atoms with van der Waals surface area (Å²) in [6, 6.07) is 7.33. The molecule has 1 aromatic carbocycles. The molecule has 0 unspecified atom stereocenters. The van der Waals surface area contributed by atoms with E-state index in [9.17, 15) is 4.79 Å². The molecule has 0 aliphatic carbocycles. The molecule has 1 aliphatic rings. The average molecular weight is 414 g/mol. The lowest BCUT2D eigenvalue weighted by atomic mass is 10.3. The van der Waals surface area contributed by atoms with Gasteiger partial charge in [-0.2, -0.15) is 4.98 Å². The van der Waals surface area contributed by atoms with Gasteiger partial charge in [-0.05, 0) is 19.1 Å². The molecule has 0 N–H and O–H groups in total. The van der Waals surface area contributed by atoms with Gasteiger partial charge in [0.15, 0.2) is 5.82 Å². The number of piperazine rings is 1. The number of nitrogens with zero attached hydrogens (tertiary/aromatic N) is 7. The predicted octanol–water partition coefficient (Wildman–Crippen LogP) is 1.99. The highest BCUT2D eigenvalue weighted by atomic mass is 35.5. The van der Waals surface area contributed by atoms with Crippen LogP contribution in [0, 0.1) is 6.92 Å². The normalized spacial score (nSPS) is 14.2. The summed E-state index contributed by atoms with van der Waals surface area (Å²) >= 11 is 6.25. The summed E-state index contributed by atoms with van der Waals surface area (Å²) in [5.41, 5.74) is 0.694. The summed E-state index contributed by atoms with van der Waals surface area (Å²) in [6.07, 6.45) is 3.25. The number of aromatic nitrogens is 5. The average Bonchev–Trinajstić information content (AvgIpc) is 3.15. The summed E-state index contributed by atoms with van der Waals surface area (Å²) < 4.78 is 6.72. The Morgan fingerprint density at radius 1 is 1.10 bits per heavy atom. The fourth-order valence-electron chi connectivity index (χ4n) is 3.20. The second-order valence-corrected chi connectivity index (χ2v) is 6.95. The van der Waals surface area contributed by atoms with E-state index in [0.29, 0.717) is 48.6 Å². The minimum absolute atomic E-state index is 0.164. The number of carbonyl (C=O) groups excluding carboxylic acids is 1. The van der Waals surface area contributed by atoms with Crippen LogP contribution in [0.15, 0.2) is 36.7 Å². The van der Waals surface area contributed by atoms with Crippen LogP contribution in [0.1, 0.15) is 16.4 Å². The second-order valence-electron chi connectivity index (χ2n) is 6.54. The SMILES string of the molecule is COc1cncc(N2CCN(C(=O)c3nc(C)n(-c4ccccc4Cl)n3)CC2)n1. The number of ether oxygens (including phenoxy) is 1. The lowest BCUT2D eigenvalue weighted by molar-refractivity contribution is 0.0734. The van der Waals surface area contributed by atoms with E-state index in [-0.39, 0.29) is 11.7 Å². The molecule has 4 rings (SSSR count). The van der Waals surface area contributed by atoms with Crippen molar-refractivity contribution < 1.29 is 9.53 Å². The lowest BCUT2D eigenvalue weighted by Crippen LogP contribution is -2.49. The fourth-order valence-corrected chi connectivity index (χ4v) is 3.42. The van der Waals surface area contributed by atoms with Gasteiger partial charge in [-0.3, -0.25) is 9.78 Å². The summed E-state index contributed by atoms with van der Waals surface area (Å²) in [7, 11) is 1.56. The number of carbonyl (C=O) groups is 1. The molecule has 0 radical (unpaired) electrons. The largest absolute Gasteiger partial charge is 0.480 e. The third-order valence-corrected chi connectivity index (χ3v) is 5.06. The smallest absolute Gasteiger partial charge is 0.293 e. The Balaban J connectivity index is 1.46. The number of halogens is 1. The Morgan fingerprint density at radius 3 is 2.59 bits per heavy atom. The molecule has 0 bridgehead atoms. The van der Waals surface area contributed by atoms with Gasteiger partial charge in [0, 0.05) is 26.2 Å². The maximum atomic E-state index is 12.9. The van der Waals surface area contributed by atoms with Crippen LogP contribution in [0.5, 0.6) is 5.88 Å². The first-order valence-corrected chi connectivity index (χ1v) is 9.53. The fraction of sp³-hybridized carbons (Fsp3) is 0.316. The first kappa shape index (κ1) is 19.1. The van der Waals surface area contributed by atoms with Crippen LogP contribution < -0.4 is 9.64 Å². The molecule has 10 heteroatoms. The van der Waals surface area contributed by atoms with Crippen molar-refractivity contribution >= 4 is 23.3 Å². The number of methoxy groups -OCH3 is 1. The summed E-state index contributed by atoms with van der Waals surface area (Å²) in [5.74, 6) is 1.76. The number of amides is 1. The van der Waals surface area contributed by atoms with Crippen LogP contribution >= 0.6 is 11.6 Å². The molecule has 0 saturated carbocycles. The minimum Gasteiger partial charge on any atom is -0.480 e. The van der Waals surface area contributed by atoms with Gasteiger partial charge < -0.3 is 14.5 Å². The van der Waals surface area contributed by atoms with Crippen LogP contribution in [-0.4, -0.2) is 68.8 Å². The van der Waals surface area contributed by atoms with Crippen molar-refractivity contribution in [2.45, 2.75) is 6.92 Å². The highest BCUT2D eigenvalue weighted by Gasteiger charge is 2.26. The summed E-state index contributed by atoms with van der Waals surface area (Å²) in [4.78, 5) is 29.6. The number of anilines is 1. The molecule has 1 fully saturated rings. The first-order valence-electron chi connectivity index (χ1n) is 9.15. The predicted molar refractivity (Wildman–Crippen MR) is 108 cm³/mol. The van der Waals surface area contributed by atoms with E-state index in [1.54, 1.807) is 42.1 Å². The van der Waals surface area contributed by atoms with Crippen molar-refractivity contribution in [3.63, 3.8) is 0 Å². The molecule has 9 nitrogen and oxygen atoms in total. The summed E-state index contributed by atoms with van der Waals surface area (Å²) in [6.45, 7) is 4.15. The highest BCUT2D eigenvalue weighted by Crippen LogP contribution is 2.21. The Hall–Kier alpha value is -3.20. The van der Waals surface area contributed by atoms with Gasteiger partial charge >= 0.3 is 0 Å². The maximum absolute atomic E-state index is 12.9. The van der Waals surface area contributed by atoms with E-state index in [2.05, 4.69) is 25.0 Å². The zero-order valence-corrected chi connectivity index (χ0v) is 16.9. The molecule has 29 heavy (non-hydrogen) atoms. The minimum atomic E-state index is -0.199. The quantitative estimate of drug-likeness (QED) is 0.646. The molecule has 150 valence electrons. The van der Waals surface area contributed by atoms with E-state index in [0.717, 1.165) is 5.82 Å². The molecule has 2 aromatic heterocycles. The zero-order chi connectivity index (χ0) is 20.4. The zero-order valence-electron chi connectivity index (χ0n) is 16.1. The number of rotatable bonds is 4. The molecule has 1 saturated heterocycles. The highest BCUT2D eigenvalue weighted by molar-refractivity contribution is 6.32. The molecule has 3 aromatic rings. The van der Waals surface area contributed by atoms with Crippen molar-refractivity contribution in [2.75, 3.05) is 38.2 Å². The number of hydrogen-bond donors (Lipinski definition) is 0. The molecular formula is C19H20ClN7O2. The Bertz CT molecular complexity index is 1030. The Kier molecular flexibility index (Phi) is 5.30. The van der Waals surface area contributed by atoms with E-state index in [1.165, 1.54) is 0 Å². The van der Waals surface area contributed by atoms with Gasteiger partial charge in [-0.25, -0.2) is 9.67 Å². The second kappa shape index (κ2) is 8.04. The number of aryl methyl sites for hydroxylation is 1. The van der Waals surface area contributed by atoms with E-state index in [1.807, 2.05) is 18.2 Å². The number of para-hydroxylation sites is 1. The molecule has 1 amide bonds. The maximum Gasteiger partial charge on any atom is 0.293 e. The van der Waals surface area contributed by atoms with Crippen molar-refractivity contribution in [2.24, 2.45) is 0 Å². The van der Waals surface area contributed by atoms with Gasteiger partial charge in [0.1, 0.15) is 5.82 Å². The topological polar surface area (TPSA) is 89.3 Å². The molecular weight excluding hydrogens is 394 g/mol. The summed E-state index contributed by atoms with van der Waals surface area (Å²) in [5, 5.41) is 4.94. The van der Waals surface area contributed by atoms with Gasteiger partial charge in [-0.1, -0.05) is 23.7 Å². The molecule has 1 aliphatic heterocycles. The molecule has 0 atom stereocenters. The number of benzene rings is 1. The Morgan fingerprint density at radius 2 is 1.86 bits per heavy atom. The van der Waals surface area contributed by atoms with Crippen molar-refractivity contribution in [3.8, 4) is 11.6 Å². The van der Waals surface area contributed by atoms with E-state index < -0.39 is 0 Å². The van der Waals surface area contributed by atoms with E-state index in [4.69, 9.17) is 16.3 Å². The van der Waals surface area contributed by atoms with Crippen LogP contribution in [0.4, 0.5) is 5.82 Å². The monoisotopic (exact) mass is 413 g/mol. The van der Waals surface area contributed by atoms with Crippen molar-refractivity contribution in [1.29, 1.82) is 0 Å². The van der Waals surface area contributed by atoms with E-state index >= 15 is 0 Å². The van der Waals surface area contributed by atoms with Gasteiger partial charge in [0.2, 0.25) is 11.7 Å². The van der Waals surface area contributed by atoms with Gasteiger partial charge in [-0.15, -0.1) is 5.10 Å². The van der Waals surface area contributed by atoms with Gasteiger partial charge in [0.05, 0.1) is 30.2 Å². The van der Waals surface area contributed by atoms with Gasteiger partial charge in [0.25, 0.3) is 5.91 Å². The number of hydrogen-bond acceptors (Lipinski definition) is 7. The first-order chi connectivity index (χ1) is 14.1. The third-order valence-electron chi connectivity index (χ3n) is 4.74. The lowest BCUT2D eigenvalue weighted by Gasteiger charge is -2.34. The van der Waals surface area contributed by atoms with Crippen LogP contribution in [-0.2, 0) is 0 Å². The molecule has 3 heterocycles. The third kappa shape index (κ3) is 3.86. The standard InChI is InChI=1S/C19H20ClN7O2/c1-13-22-18(24-27(13)15-6-4-3-5-14(15)20)19(28)26-9-7-25(8-10-26)16-11-21-12-17(23-16)29-2/h3-6,11-12H,7-10H2,1-2H3. The van der Waals surface area contributed by atoms with Crippen LogP contribution in [0.25, 0.3) is 5.69 Å². The van der Waals surface area contributed by atoms with Crippen LogP contribution in [0.3, 0.4) is 0 Å². The Labute approximate surface area is 172 Å². The van der Waals surface area contributed by atoms with Crippen LogP contribution in [0.2, 0.25) is 5.02 Å².